The summed E-state index contributed by atoms with van der Waals surface area (Å²) < 4.78 is 7.36. The number of aromatic nitrogens is 4. The van der Waals surface area contributed by atoms with Crippen LogP contribution in [-0.4, -0.2) is 63.8 Å². The molecular weight excluding hydrogens is 428 g/mol. The molecule has 1 saturated carbocycles. The second-order valence-electron chi connectivity index (χ2n) is 9.10. The van der Waals surface area contributed by atoms with Gasteiger partial charge >= 0.3 is 0 Å². The zero-order chi connectivity index (χ0) is 23.3. The summed E-state index contributed by atoms with van der Waals surface area (Å²) in [7, 11) is 1.67. The summed E-state index contributed by atoms with van der Waals surface area (Å²) >= 11 is 0. The molecule has 0 N–H and O–H groups in total. The zero-order valence-electron chi connectivity index (χ0n) is 19.8. The molecule has 34 heavy (non-hydrogen) atoms. The molecule has 3 aromatic rings. The third-order valence-corrected chi connectivity index (χ3v) is 6.95. The third-order valence-electron chi connectivity index (χ3n) is 6.95. The van der Waals surface area contributed by atoms with E-state index < -0.39 is 0 Å². The number of anilines is 1. The van der Waals surface area contributed by atoms with Crippen LogP contribution in [0.1, 0.15) is 43.7 Å². The smallest absolute Gasteiger partial charge is 0.244 e. The molecule has 2 fully saturated rings. The number of amides is 1. The van der Waals surface area contributed by atoms with Gasteiger partial charge in [-0.3, -0.25) is 9.48 Å². The van der Waals surface area contributed by atoms with E-state index in [1.807, 2.05) is 39.9 Å². The molecule has 1 aliphatic carbocycles. The Bertz CT molecular complexity index is 1100. The molecule has 1 amide bonds. The van der Waals surface area contributed by atoms with E-state index in [1.165, 1.54) is 25.0 Å². The Balaban J connectivity index is 1.32. The molecule has 0 radical (unpaired) electrons. The van der Waals surface area contributed by atoms with E-state index in [2.05, 4.69) is 20.9 Å². The highest BCUT2D eigenvalue weighted by Crippen LogP contribution is 2.35. The maximum absolute atomic E-state index is 13.3. The number of benzene rings is 1. The summed E-state index contributed by atoms with van der Waals surface area (Å²) in [6.45, 7) is 3.08. The number of piperazine rings is 1. The molecule has 0 bridgehead atoms. The number of rotatable bonds is 6. The number of nitrogens with zero attached hydrogens (tertiary/aromatic N) is 6. The number of ether oxygens (including phenoxy) is 1. The van der Waals surface area contributed by atoms with Gasteiger partial charge in [-0.05, 0) is 37.1 Å². The summed E-state index contributed by atoms with van der Waals surface area (Å²) in [6.07, 6.45) is 9.60. The average Bonchev–Trinajstić information content (AvgIpc) is 3.33. The van der Waals surface area contributed by atoms with Crippen molar-refractivity contribution in [2.24, 2.45) is 0 Å². The second kappa shape index (κ2) is 10.2. The molecule has 8 nitrogen and oxygen atoms in total. The minimum atomic E-state index is 0.117. The summed E-state index contributed by atoms with van der Waals surface area (Å²) in [6, 6.07) is 12.0. The van der Waals surface area contributed by atoms with Crippen molar-refractivity contribution in [1.82, 2.24) is 24.6 Å². The summed E-state index contributed by atoms with van der Waals surface area (Å²) in [4.78, 5) is 26.0. The van der Waals surface area contributed by atoms with Crippen molar-refractivity contribution in [3.05, 3.63) is 54.5 Å². The maximum atomic E-state index is 13.3. The number of carbonyl (C=O) groups excluding carboxylic acids is 1. The van der Waals surface area contributed by atoms with Crippen molar-refractivity contribution in [2.45, 2.75) is 44.6 Å². The van der Waals surface area contributed by atoms with Crippen molar-refractivity contribution >= 4 is 11.9 Å². The normalized spacial score (nSPS) is 17.1. The lowest BCUT2D eigenvalue weighted by molar-refractivity contribution is -0.132. The summed E-state index contributed by atoms with van der Waals surface area (Å²) in [5.74, 6) is 2.11. The van der Waals surface area contributed by atoms with Gasteiger partial charge in [0.05, 0.1) is 12.8 Å². The van der Waals surface area contributed by atoms with Gasteiger partial charge in [-0.1, -0.05) is 31.4 Å². The summed E-state index contributed by atoms with van der Waals surface area (Å²) in [5, 5.41) is 4.91. The first-order valence-corrected chi connectivity index (χ1v) is 12.2. The highest BCUT2D eigenvalue weighted by Gasteiger charge is 2.26. The first-order chi connectivity index (χ1) is 16.7. The molecule has 1 aliphatic heterocycles. The lowest BCUT2D eigenvalue weighted by Gasteiger charge is -2.34. The van der Waals surface area contributed by atoms with Gasteiger partial charge in [0, 0.05) is 55.7 Å². The SMILES string of the molecule is COc1cccc(-c2cc(C3CCCCC3)n(CC(=O)N3CCN(c4ncccn4)CC3)n2)c1. The van der Waals surface area contributed by atoms with Gasteiger partial charge in [-0.25, -0.2) is 9.97 Å². The molecule has 178 valence electrons. The van der Waals surface area contributed by atoms with Gasteiger partial charge in [0.25, 0.3) is 0 Å². The molecule has 0 spiro atoms. The third kappa shape index (κ3) is 4.90. The highest BCUT2D eigenvalue weighted by molar-refractivity contribution is 5.76. The van der Waals surface area contributed by atoms with Crippen LogP contribution in [0.5, 0.6) is 5.75 Å². The van der Waals surface area contributed by atoms with Crippen LogP contribution in [0.3, 0.4) is 0 Å². The van der Waals surface area contributed by atoms with Crippen molar-refractivity contribution in [3.8, 4) is 17.0 Å². The van der Waals surface area contributed by atoms with Gasteiger partial charge in [0.1, 0.15) is 12.3 Å². The Kier molecular flexibility index (Phi) is 6.74. The van der Waals surface area contributed by atoms with Crippen LogP contribution in [0.15, 0.2) is 48.8 Å². The topological polar surface area (TPSA) is 76.4 Å². The largest absolute Gasteiger partial charge is 0.497 e. The minimum absolute atomic E-state index is 0.117. The van der Waals surface area contributed by atoms with Gasteiger partial charge < -0.3 is 14.5 Å². The van der Waals surface area contributed by atoms with E-state index in [0.717, 1.165) is 48.9 Å². The number of hydrogen-bond donors (Lipinski definition) is 0. The van der Waals surface area contributed by atoms with Crippen LogP contribution in [0.4, 0.5) is 5.95 Å². The first kappa shape index (κ1) is 22.4. The van der Waals surface area contributed by atoms with Crippen molar-refractivity contribution in [2.75, 3.05) is 38.2 Å². The fraction of sp³-hybridized carbons (Fsp3) is 0.462. The maximum Gasteiger partial charge on any atom is 0.244 e. The van der Waals surface area contributed by atoms with Gasteiger partial charge in [-0.15, -0.1) is 0 Å². The molecule has 5 rings (SSSR count). The van der Waals surface area contributed by atoms with Crippen LogP contribution in [0, 0.1) is 0 Å². The summed E-state index contributed by atoms with van der Waals surface area (Å²) in [5.41, 5.74) is 3.10. The Morgan fingerprint density at radius 1 is 1.00 bits per heavy atom. The number of carbonyl (C=O) groups is 1. The quantitative estimate of drug-likeness (QED) is 0.558. The predicted octanol–water partition coefficient (Wildman–Crippen LogP) is 3.75. The van der Waals surface area contributed by atoms with E-state index in [-0.39, 0.29) is 12.5 Å². The molecule has 0 atom stereocenters. The lowest BCUT2D eigenvalue weighted by atomic mass is 9.86. The Hall–Kier alpha value is -3.42. The fourth-order valence-electron chi connectivity index (χ4n) is 5.05. The Morgan fingerprint density at radius 2 is 1.76 bits per heavy atom. The molecule has 2 aliphatic rings. The van der Waals surface area contributed by atoms with E-state index in [9.17, 15) is 4.79 Å². The van der Waals surface area contributed by atoms with Crippen molar-refractivity contribution < 1.29 is 9.53 Å². The number of hydrogen-bond acceptors (Lipinski definition) is 6. The second-order valence-corrected chi connectivity index (χ2v) is 9.10. The first-order valence-electron chi connectivity index (χ1n) is 12.2. The standard InChI is InChI=1S/C26H32N6O2/c1-34-22-10-5-9-21(17-22)23-18-24(20-7-3-2-4-8-20)32(29-23)19-25(33)30-13-15-31(16-14-30)26-27-11-6-12-28-26/h5-6,9-12,17-18,20H,2-4,7-8,13-16,19H2,1H3. The Labute approximate surface area is 200 Å². The molecule has 1 saturated heterocycles. The fourth-order valence-corrected chi connectivity index (χ4v) is 5.05. The zero-order valence-corrected chi connectivity index (χ0v) is 19.8. The molecule has 1 aromatic carbocycles. The molecular formula is C26H32N6O2. The monoisotopic (exact) mass is 460 g/mol. The molecule has 2 aromatic heterocycles. The van der Waals surface area contributed by atoms with E-state index in [4.69, 9.17) is 9.84 Å². The van der Waals surface area contributed by atoms with E-state index in [1.54, 1.807) is 19.5 Å². The van der Waals surface area contributed by atoms with Gasteiger partial charge in [0.15, 0.2) is 0 Å². The van der Waals surface area contributed by atoms with Crippen LogP contribution >= 0.6 is 0 Å². The van der Waals surface area contributed by atoms with Gasteiger partial charge in [0.2, 0.25) is 11.9 Å². The molecule has 0 unspecified atom stereocenters. The van der Waals surface area contributed by atoms with Crippen molar-refractivity contribution in [1.29, 1.82) is 0 Å². The van der Waals surface area contributed by atoms with Crippen LogP contribution in [0.2, 0.25) is 0 Å². The van der Waals surface area contributed by atoms with Gasteiger partial charge in [-0.2, -0.15) is 5.10 Å². The number of methoxy groups -OCH3 is 1. The average molecular weight is 461 g/mol. The van der Waals surface area contributed by atoms with E-state index >= 15 is 0 Å². The highest BCUT2D eigenvalue weighted by atomic mass is 16.5. The van der Waals surface area contributed by atoms with Crippen LogP contribution in [-0.2, 0) is 11.3 Å². The van der Waals surface area contributed by atoms with E-state index in [0.29, 0.717) is 19.0 Å². The Morgan fingerprint density at radius 3 is 2.50 bits per heavy atom. The van der Waals surface area contributed by atoms with Crippen LogP contribution in [0.25, 0.3) is 11.3 Å². The van der Waals surface area contributed by atoms with Crippen LogP contribution < -0.4 is 9.64 Å². The van der Waals surface area contributed by atoms with Crippen molar-refractivity contribution in [3.63, 3.8) is 0 Å². The lowest BCUT2D eigenvalue weighted by Crippen LogP contribution is -2.50. The minimum Gasteiger partial charge on any atom is -0.497 e. The molecule has 3 heterocycles. The molecule has 8 heteroatoms. The predicted molar refractivity (Wildman–Crippen MR) is 131 cm³/mol.